The molecule has 1 heterocycles. The summed E-state index contributed by atoms with van der Waals surface area (Å²) in [6.07, 6.45) is 2.57. The fourth-order valence-electron chi connectivity index (χ4n) is 1.41. The van der Waals surface area contributed by atoms with Crippen LogP contribution in [0.15, 0.2) is 16.7 Å². The molecule has 94 valence electrons. The van der Waals surface area contributed by atoms with E-state index >= 15 is 0 Å². The van der Waals surface area contributed by atoms with E-state index < -0.39 is 0 Å². The van der Waals surface area contributed by atoms with Crippen molar-refractivity contribution >= 4 is 27.7 Å². The Morgan fingerprint density at radius 3 is 2.82 bits per heavy atom. The summed E-state index contributed by atoms with van der Waals surface area (Å²) in [5, 5.41) is 2.96. The summed E-state index contributed by atoms with van der Waals surface area (Å²) >= 11 is 3.30. The lowest BCUT2D eigenvalue weighted by Crippen LogP contribution is -2.37. The molecule has 0 bridgehead atoms. The molecule has 5 heteroatoms. The molecule has 4 nitrogen and oxygen atoms in total. The third-order valence-corrected chi connectivity index (χ3v) is 3.61. The SMILES string of the molecule is CCC(C)C(C)NC(=O)c1cc(N)ncc1Br. The Morgan fingerprint density at radius 1 is 1.59 bits per heavy atom. The predicted octanol–water partition coefficient (Wildman–Crippen LogP) is 2.59. The fraction of sp³-hybridized carbons (Fsp3) is 0.500. The summed E-state index contributed by atoms with van der Waals surface area (Å²) in [4.78, 5) is 15.9. The van der Waals surface area contributed by atoms with Gasteiger partial charge in [-0.05, 0) is 34.8 Å². The molecular formula is C12H18BrN3O. The maximum atomic E-state index is 12.0. The van der Waals surface area contributed by atoms with Crippen molar-refractivity contribution in [2.75, 3.05) is 5.73 Å². The van der Waals surface area contributed by atoms with Gasteiger partial charge >= 0.3 is 0 Å². The van der Waals surface area contributed by atoms with Crippen LogP contribution in [0.5, 0.6) is 0 Å². The number of anilines is 1. The number of pyridine rings is 1. The molecule has 2 unspecified atom stereocenters. The molecular weight excluding hydrogens is 282 g/mol. The second-order valence-electron chi connectivity index (χ2n) is 4.24. The average Bonchev–Trinajstić information content (AvgIpc) is 2.30. The van der Waals surface area contributed by atoms with Crippen LogP contribution in [0.2, 0.25) is 0 Å². The summed E-state index contributed by atoms with van der Waals surface area (Å²) < 4.78 is 0.653. The first-order valence-corrected chi connectivity index (χ1v) is 6.46. The van der Waals surface area contributed by atoms with E-state index in [0.29, 0.717) is 21.8 Å². The zero-order valence-electron chi connectivity index (χ0n) is 10.3. The van der Waals surface area contributed by atoms with Crippen LogP contribution < -0.4 is 11.1 Å². The Morgan fingerprint density at radius 2 is 2.24 bits per heavy atom. The number of hydrogen-bond donors (Lipinski definition) is 2. The number of carbonyl (C=O) groups excluding carboxylic acids is 1. The van der Waals surface area contributed by atoms with Crippen LogP contribution in [0, 0.1) is 5.92 Å². The van der Waals surface area contributed by atoms with Crippen LogP contribution in [0.3, 0.4) is 0 Å². The number of amides is 1. The monoisotopic (exact) mass is 299 g/mol. The van der Waals surface area contributed by atoms with Crippen LogP contribution in [-0.2, 0) is 0 Å². The molecule has 0 saturated heterocycles. The van der Waals surface area contributed by atoms with E-state index in [1.807, 2.05) is 6.92 Å². The molecule has 0 saturated carbocycles. The van der Waals surface area contributed by atoms with Crippen molar-refractivity contribution in [2.45, 2.75) is 33.2 Å². The van der Waals surface area contributed by atoms with Gasteiger partial charge in [0.05, 0.1) is 5.56 Å². The van der Waals surface area contributed by atoms with E-state index in [4.69, 9.17) is 5.73 Å². The minimum absolute atomic E-state index is 0.126. The minimum Gasteiger partial charge on any atom is -0.384 e. The van der Waals surface area contributed by atoms with E-state index in [0.717, 1.165) is 6.42 Å². The molecule has 1 aromatic heterocycles. The maximum absolute atomic E-state index is 12.0. The van der Waals surface area contributed by atoms with Crippen molar-refractivity contribution in [3.05, 3.63) is 22.3 Å². The third kappa shape index (κ3) is 3.70. The van der Waals surface area contributed by atoms with Crippen LogP contribution in [0.25, 0.3) is 0 Å². The van der Waals surface area contributed by atoms with Gasteiger partial charge in [-0.15, -0.1) is 0 Å². The lowest BCUT2D eigenvalue weighted by atomic mass is 10.0. The van der Waals surface area contributed by atoms with Gasteiger partial charge in [-0.2, -0.15) is 0 Å². The Labute approximate surface area is 110 Å². The molecule has 0 fully saturated rings. The van der Waals surface area contributed by atoms with Gasteiger partial charge in [0.2, 0.25) is 0 Å². The highest BCUT2D eigenvalue weighted by Crippen LogP contribution is 2.18. The number of nitrogen functional groups attached to an aromatic ring is 1. The largest absolute Gasteiger partial charge is 0.384 e. The van der Waals surface area contributed by atoms with Crippen molar-refractivity contribution in [1.29, 1.82) is 0 Å². The Hall–Kier alpha value is -1.10. The molecule has 0 aliphatic carbocycles. The number of carbonyl (C=O) groups is 1. The van der Waals surface area contributed by atoms with Crippen LogP contribution in [-0.4, -0.2) is 16.9 Å². The molecule has 0 aromatic carbocycles. The second kappa shape index (κ2) is 6.00. The van der Waals surface area contributed by atoms with Gasteiger partial charge in [0.15, 0.2) is 0 Å². The highest BCUT2D eigenvalue weighted by molar-refractivity contribution is 9.10. The maximum Gasteiger partial charge on any atom is 0.252 e. The van der Waals surface area contributed by atoms with Gasteiger partial charge in [0, 0.05) is 16.7 Å². The molecule has 1 aromatic rings. The third-order valence-electron chi connectivity index (χ3n) is 2.98. The van der Waals surface area contributed by atoms with E-state index in [-0.39, 0.29) is 11.9 Å². The number of hydrogen-bond acceptors (Lipinski definition) is 3. The molecule has 1 amide bonds. The fourth-order valence-corrected chi connectivity index (χ4v) is 1.81. The Kier molecular flexibility index (Phi) is 4.93. The molecule has 0 aliphatic rings. The quantitative estimate of drug-likeness (QED) is 0.898. The van der Waals surface area contributed by atoms with Crippen molar-refractivity contribution in [1.82, 2.24) is 10.3 Å². The van der Waals surface area contributed by atoms with Gasteiger partial charge in [0.25, 0.3) is 5.91 Å². The number of nitrogens with one attached hydrogen (secondary N) is 1. The lowest BCUT2D eigenvalue weighted by Gasteiger charge is -2.20. The topological polar surface area (TPSA) is 68.0 Å². The number of halogens is 1. The number of nitrogens with zero attached hydrogens (tertiary/aromatic N) is 1. The van der Waals surface area contributed by atoms with Crippen molar-refractivity contribution in [3.8, 4) is 0 Å². The van der Waals surface area contributed by atoms with E-state index in [1.54, 1.807) is 6.07 Å². The minimum atomic E-state index is -0.126. The molecule has 0 aliphatic heterocycles. The average molecular weight is 300 g/mol. The van der Waals surface area contributed by atoms with Crippen molar-refractivity contribution in [3.63, 3.8) is 0 Å². The van der Waals surface area contributed by atoms with E-state index in [1.165, 1.54) is 6.20 Å². The normalized spacial score (nSPS) is 14.1. The zero-order valence-corrected chi connectivity index (χ0v) is 11.9. The summed E-state index contributed by atoms with van der Waals surface area (Å²) in [5.41, 5.74) is 6.09. The second-order valence-corrected chi connectivity index (χ2v) is 5.09. The van der Waals surface area contributed by atoms with Crippen LogP contribution in [0.4, 0.5) is 5.82 Å². The summed E-state index contributed by atoms with van der Waals surface area (Å²) in [7, 11) is 0. The van der Waals surface area contributed by atoms with Crippen LogP contribution >= 0.6 is 15.9 Å². The summed E-state index contributed by atoms with van der Waals surface area (Å²) in [6.45, 7) is 6.22. The van der Waals surface area contributed by atoms with Crippen molar-refractivity contribution in [2.24, 2.45) is 5.92 Å². The number of aromatic nitrogens is 1. The van der Waals surface area contributed by atoms with Gasteiger partial charge < -0.3 is 11.1 Å². The van der Waals surface area contributed by atoms with Gasteiger partial charge in [-0.25, -0.2) is 4.98 Å². The predicted molar refractivity (Wildman–Crippen MR) is 72.7 cm³/mol. The van der Waals surface area contributed by atoms with Crippen molar-refractivity contribution < 1.29 is 4.79 Å². The van der Waals surface area contributed by atoms with Gasteiger partial charge in [-0.1, -0.05) is 20.3 Å². The Balaban J connectivity index is 2.79. The highest BCUT2D eigenvalue weighted by atomic mass is 79.9. The molecule has 3 N–H and O–H groups in total. The molecule has 0 spiro atoms. The summed E-state index contributed by atoms with van der Waals surface area (Å²) in [6, 6.07) is 1.71. The smallest absolute Gasteiger partial charge is 0.252 e. The standard InChI is InChI=1S/C12H18BrN3O/c1-4-7(2)8(3)16-12(17)9-5-11(14)15-6-10(9)13/h5-8H,4H2,1-3H3,(H2,14,15)(H,16,17). The summed E-state index contributed by atoms with van der Waals surface area (Å²) in [5.74, 6) is 0.658. The molecule has 0 radical (unpaired) electrons. The highest BCUT2D eigenvalue weighted by Gasteiger charge is 2.16. The number of nitrogens with two attached hydrogens (primary N) is 1. The lowest BCUT2D eigenvalue weighted by molar-refractivity contribution is 0.0927. The Bertz CT molecular complexity index is 409. The molecule has 2 atom stereocenters. The number of rotatable bonds is 4. The zero-order chi connectivity index (χ0) is 13.0. The van der Waals surface area contributed by atoms with Gasteiger partial charge in [-0.3, -0.25) is 4.79 Å². The first kappa shape index (κ1) is 14.0. The first-order valence-electron chi connectivity index (χ1n) is 5.67. The van der Waals surface area contributed by atoms with E-state index in [9.17, 15) is 4.79 Å². The van der Waals surface area contributed by atoms with E-state index in [2.05, 4.69) is 40.1 Å². The van der Waals surface area contributed by atoms with Crippen LogP contribution in [0.1, 0.15) is 37.6 Å². The molecule has 17 heavy (non-hydrogen) atoms. The molecule has 1 rings (SSSR count). The van der Waals surface area contributed by atoms with Gasteiger partial charge in [0.1, 0.15) is 5.82 Å². The first-order chi connectivity index (χ1) is 7.95.